The molecule has 8 nitrogen and oxygen atoms in total. The number of hydrogen-bond donors (Lipinski definition) is 1. The molecule has 1 aliphatic rings. The summed E-state index contributed by atoms with van der Waals surface area (Å²) in [5.41, 5.74) is 1.02. The molecule has 0 bridgehead atoms. The second-order valence-corrected chi connectivity index (χ2v) is 11.7. The van der Waals surface area contributed by atoms with Gasteiger partial charge in [-0.05, 0) is 45.7 Å². The third-order valence-corrected chi connectivity index (χ3v) is 7.37. The molecule has 172 valence electrons. The lowest BCUT2D eigenvalue weighted by atomic mass is 9.94. The van der Waals surface area contributed by atoms with Crippen LogP contribution in [0.3, 0.4) is 0 Å². The maximum absolute atomic E-state index is 12.9. The number of sulfone groups is 1. The predicted octanol–water partition coefficient (Wildman–Crippen LogP) is 2.78. The fourth-order valence-electron chi connectivity index (χ4n) is 3.59. The molecule has 0 aliphatic carbocycles. The van der Waals surface area contributed by atoms with Gasteiger partial charge in [-0.15, -0.1) is 0 Å². The second kappa shape index (κ2) is 8.78. The van der Waals surface area contributed by atoms with Crippen LogP contribution in [0.4, 0.5) is 0 Å². The summed E-state index contributed by atoms with van der Waals surface area (Å²) in [6.45, 7) is 11.7. The van der Waals surface area contributed by atoms with E-state index in [0.29, 0.717) is 55.4 Å². The number of amides is 1. The van der Waals surface area contributed by atoms with Crippen molar-refractivity contribution < 1.29 is 22.7 Å². The Balaban J connectivity index is 1.73. The quantitative estimate of drug-likeness (QED) is 0.663. The molecule has 0 unspecified atom stereocenters. The van der Waals surface area contributed by atoms with E-state index in [1.807, 2.05) is 43.5 Å². The van der Waals surface area contributed by atoms with Gasteiger partial charge in [-0.2, -0.15) is 0 Å². The molecule has 0 atom stereocenters. The van der Waals surface area contributed by atoms with Gasteiger partial charge in [-0.3, -0.25) is 9.20 Å². The smallest absolute Gasteiger partial charge is 0.272 e. The van der Waals surface area contributed by atoms with Crippen LogP contribution in [0.5, 0.6) is 5.75 Å². The number of rotatable bonds is 8. The van der Waals surface area contributed by atoms with Crippen LogP contribution in [-0.4, -0.2) is 60.6 Å². The minimum atomic E-state index is -3.00. The van der Waals surface area contributed by atoms with Crippen LogP contribution in [-0.2, 0) is 14.6 Å². The Morgan fingerprint density at radius 2 is 1.94 bits per heavy atom. The summed E-state index contributed by atoms with van der Waals surface area (Å²) in [4.78, 5) is 17.4. The van der Waals surface area contributed by atoms with E-state index in [0.717, 1.165) is 0 Å². The molecule has 1 fully saturated rings. The highest BCUT2D eigenvalue weighted by molar-refractivity contribution is 7.91. The highest BCUT2D eigenvalue weighted by Crippen LogP contribution is 2.25. The molecule has 2 aromatic heterocycles. The zero-order valence-corrected chi connectivity index (χ0v) is 19.8. The number of hydrogen-bond acceptors (Lipinski definition) is 6. The minimum absolute atomic E-state index is 0.0915. The van der Waals surface area contributed by atoms with E-state index in [-0.39, 0.29) is 22.8 Å². The summed E-state index contributed by atoms with van der Waals surface area (Å²) >= 11 is 0. The maximum Gasteiger partial charge on any atom is 0.272 e. The first-order chi connectivity index (χ1) is 14.4. The first kappa shape index (κ1) is 23.5. The van der Waals surface area contributed by atoms with Crippen LogP contribution in [0.25, 0.3) is 5.65 Å². The average molecular weight is 452 g/mol. The molecule has 1 saturated heterocycles. The molecular weight excluding hydrogens is 418 g/mol. The molecule has 0 saturated carbocycles. The molecule has 1 aliphatic heterocycles. The fourth-order valence-corrected chi connectivity index (χ4v) is 5.32. The number of nitrogens with zero attached hydrogens (tertiary/aromatic N) is 2. The van der Waals surface area contributed by atoms with Crippen molar-refractivity contribution in [1.29, 1.82) is 0 Å². The summed E-state index contributed by atoms with van der Waals surface area (Å²) in [6, 6.07) is 3.66. The number of nitrogens with one attached hydrogen (secondary N) is 1. The van der Waals surface area contributed by atoms with Gasteiger partial charge in [0, 0.05) is 17.6 Å². The Kier molecular flexibility index (Phi) is 6.67. The number of carbonyl (C=O) groups excluding carboxylic acids is 1. The third-order valence-electron chi connectivity index (χ3n) is 5.72. The van der Waals surface area contributed by atoms with Crippen molar-refractivity contribution in [1.82, 2.24) is 14.7 Å². The summed E-state index contributed by atoms with van der Waals surface area (Å²) in [5, 5.41) is 3.01. The van der Waals surface area contributed by atoms with Crippen molar-refractivity contribution >= 4 is 21.4 Å². The van der Waals surface area contributed by atoms with Crippen molar-refractivity contribution in [3.63, 3.8) is 0 Å². The number of carbonyl (C=O) groups is 1. The number of aromatic nitrogens is 2. The summed E-state index contributed by atoms with van der Waals surface area (Å²) in [5.74, 6) is 0.583. The molecule has 0 aromatic carbocycles. The lowest BCUT2D eigenvalue weighted by Crippen LogP contribution is -2.51. The fraction of sp³-hybridized carbons (Fsp3) is 0.636. The van der Waals surface area contributed by atoms with Crippen LogP contribution >= 0.6 is 0 Å². The normalized spacial score (nSPS) is 18.1. The Bertz CT molecular complexity index is 1040. The molecule has 2 aromatic rings. The standard InChI is InChI=1S/C22H33N3O5S/c1-6-29-14-21(3,4)15-30-17-7-8-18-23-19(16(2)25(18)13-17)20(26)24-22(5)9-11-31(27,28)12-10-22/h7-8,13H,6,9-12,14-15H2,1-5H3,(H,24,26). The van der Waals surface area contributed by atoms with Gasteiger partial charge in [0.15, 0.2) is 0 Å². The van der Waals surface area contributed by atoms with Crippen molar-refractivity contribution in [2.24, 2.45) is 5.41 Å². The van der Waals surface area contributed by atoms with E-state index in [4.69, 9.17) is 9.47 Å². The zero-order chi connectivity index (χ0) is 22.9. The number of fused-ring (bicyclic) bond motifs is 1. The lowest BCUT2D eigenvalue weighted by Gasteiger charge is -2.34. The van der Waals surface area contributed by atoms with E-state index >= 15 is 0 Å². The molecule has 1 amide bonds. The lowest BCUT2D eigenvalue weighted by molar-refractivity contribution is 0.0408. The first-order valence-corrected chi connectivity index (χ1v) is 12.5. The largest absolute Gasteiger partial charge is 0.491 e. The maximum atomic E-state index is 12.9. The van der Waals surface area contributed by atoms with Crippen LogP contribution < -0.4 is 10.1 Å². The van der Waals surface area contributed by atoms with Gasteiger partial charge in [-0.25, -0.2) is 13.4 Å². The highest BCUT2D eigenvalue weighted by Gasteiger charge is 2.35. The number of ether oxygens (including phenoxy) is 2. The third kappa shape index (κ3) is 5.77. The van der Waals surface area contributed by atoms with Crippen molar-refractivity contribution in [3.8, 4) is 5.75 Å². The van der Waals surface area contributed by atoms with Gasteiger partial charge < -0.3 is 14.8 Å². The first-order valence-electron chi connectivity index (χ1n) is 10.7. The van der Waals surface area contributed by atoms with E-state index < -0.39 is 15.4 Å². The highest BCUT2D eigenvalue weighted by atomic mass is 32.2. The Morgan fingerprint density at radius 1 is 1.26 bits per heavy atom. The number of aryl methyl sites for hydroxylation is 1. The van der Waals surface area contributed by atoms with Gasteiger partial charge in [-0.1, -0.05) is 13.8 Å². The molecule has 3 rings (SSSR count). The van der Waals surface area contributed by atoms with Gasteiger partial charge in [0.1, 0.15) is 26.9 Å². The Hall–Kier alpha value is -2.13. The van der Waals surface area contributed by atoms with Crippen molar-refractivity contribution in [3.05, 3.63) is 29.7 Å². The van der Waals surface area contributed by atoms with Crippen LogP contribution in [0, 0.1) is 12.3 Å². The van der Waals surface area contributed by atoms with E-state index in [2.05, 4.69) is 24.1 Å². The minimum Gasteiger partial charge on any atom is -0.491 e. The van der Waals surface area contributed by atoms with Gasteiger partial charge in [0.05, 0.1) is 36.6 Å². The van der Waals surface area contributed by atoms with Crippen molar-refractivity contribution in [2.75, 3.05) is 31.3 Å². The van der Waals surface area contributed by atoms with E-state index in [1.54, 1.807) is 0 Å². The molecule has 0 radical (unpaired) electrons. The molecule has 3 heterocycles. The summed E-state index contributed by atoms with van der Waals surface area (Å²) in [7, 11) is -3.00. The SMILES string of the molecule is CCOCC(C)(C)COc1ccc2nc(C(=O)NC3(C)CCS(=O)(=O)CC3)c(C)n2c1. The van der Waals surface area contributed by atoms with Crippen LogP contribution in [0.1, 0.15) is 56.7 Å². The second-order valence-electron chi connectivity index (χ2n) is 9.40. The summed E-state index contributed by atoms with van der Waals surface area (Å²) in [6.07, 6.45) is 2.64. The molecule has 1 N–H and O–H groups in total. The van der Waals surface area contributed by atoms with Gasteiger partial charge in [0.25, 0.3) is 5.91 Å². The van der Waals surface area contributed by atoms with Crippen molar-refractivity contribution in [2.45, 2.75) is 53.0 Å². The molecule has 9 heteroatoms. The Labute approximate surface area is 184 Å². The monoisotopic (exact) mass is 451 g/mol. The average Bonchev–Trinajstić information content (AvgIpc) is 3.04. The van der Waals surface area contributed by atoms with Gasteiger partial charge >= 0.3 is 0 Å². The molecule has 0 spiro atoms. The van der Waals surface area contributed by atoms with E-state index in [1.165, 1.54) is 0 Å². The Morgan fingerprint density at radius 3 is 2.58 bits per heavy atom. The summed E-state index contributed by atoms with van der Waals surface area (Å²) < 4.78 is 36.8. The number of pyridine rings is 1. The zero-order valence-electron chi connectivity index (χ0n) is 19.0. The predicted molar refractivity (Wildman–Crippen MR) is 119 cm³/mol. The molecular formula is C22H33N3O5S. The van der Waals surface area contributed by atoms with E-state index in [9.17, 15) is 13.2 Å². The topological polar surface area (TPSA) is 99.0 Å². The van der Waals surface area contributed by atoms with Gasteiger partial charge in [0.2, 0.25) is 0 Å². The molecule has 31 heavy (non-hydrogen) atoms. The van der Waals surface area contributed by atoms with Crippen LogP contribution in [0.15, 0.2) is 18.3 Å². The van der Waals surface area contributed by atoms with Crippen LogP contribution in [0.2, 0.25) is 0 Å². The number of imidazole rings is 1.